The first-order valence-corrected chi connectivity index (χ1v) is 17.5. The second kappa shape index (κ2) is 11.7. The van der Waals surface area contributed by atoms with Crippen LogP contribution in [0.2, 0.25) is 0 Å². The molecule has 53 heavy (non-hydrogen) atoms. The Morgan fingerprint density at radius 1 is 0.491 bits per heavy atom. The third kappa shape index (κ3) is 4.61. The number of para-hydroxylation sites is 2. The summed E-state index contributed by atoms with van der Waals surface area (Å²) < 4.78 is 85.5. The zero-order valence-corrected chi connectivity index (χ0v) is 28.2. The number of anilines is 3. The van der Waals surface area contributed by atoms with Gasteiger partial charge in [0.2, 0.25) is 0 Å². The predicted octanol–water partition coefficient (Wildman–Crippen LogP) is 14.1. The number of furan rings is 1. The van der Waals surface area contributed by atoms with E-state index >= 15 is 0 Å². The van der Waals surface area contributed by atoms with Crippen LogP contribution in [-0.2, 0) is 0 Å². The lowest BCUT2D eigenvalue weighted by Gasteiger charge is -2.27. The quantitative estimate of drug-likeness (QED) is 0.180. The van der Waals surface area contributed by atoms with E-state index < -0.39 is 24.2 Å². The summed E-state index contributed by atoms with van der Waals surface area (Å²) >= 11 is 0. The van der Waals surface area contributed by atoms with Crippen molar-refractivity contribution in [1.29, 1.82) is 0 Å². The molecule has 0 aliphatic carbocycles. The van der Waals surface area contributed by atoms with Crippen LogP contribution in [0.25, 0.3) is 82.1 Å². The zero-order valence-electron chi connectivity index (χ0n) is 36.2. The number of hydrogen-bond donors (Lipinski definition) is 0. The molecule has 2 aromatic heterocycles. The van der Waals surface area contributed by atoms with Gasteiger partial charge in [0.25, 0.3) is 0 Å². The fraction of sp³-hybridized carbons (Fsp3) is 0. The number of rotatable bonds is 5. The maximum atomic E-state index is 10.1. The van der Waals surface area contributed by atoms with Crippen LogP contribution in [-0.4, -0.2) is 4.57 Å². The number of benzene rings is 9. The SMILES string of the molecule is [2H]c1c([2H])c(N(c2c([2H])c([2H])c(-c3cccc4ccccc34)c([2H])c2[2H])c2cccc3oc4c5ccccc5ccc4c23)c([2H])c(-n2c3ccccc3c3ccccc32)c1[2H]. The molecule has 0 atom stereocenters. The van der Waals surface area contributed by atoms with Gasteiger partial charge in [-0.15, -0.1) is 0 Å². The Morgan fingerprint density at radius 2 is 1.13 bits per heavy atom. The molecule has 11 rings (SSSR count). The van der Waals surface area contributed by atoms with Crippen LogP contribution in [0, 0.1) is 0 Å². The number of hydrogen-bond acceptors (Lipinski definition) is 2. The normalized spacial score (nSPS) is 13.9. The van der Waals surface area contributed by atoms with Crippen molar-refractivity contribution in [3.8, 4) is 16.8 Å². The highest BCUT2D eigenvalue weighted by Crippen LogP contribution is 2.45. The van der Waals surface area contributed by atoms with Crippen LogP contribution < -0.4 is 4.90 Å². The minimum absolute atomic E-state index is 0.0382. The number of fused-ring (bicyclic) bond motifs is 9. The lowest BCUT2D eigenvalue weighted by atomic mass is 9.98. The Balaban J connectivity index is 1.29. The van der Waals surface area contributed by atoms with E-state index in [1.54, 1.807) is 28.8 Å². The van der Waals surface area contributed by atoms with Crippen LogP contribution in [0.15, 0.2) is 198 Å². The van der Waals surface area contributed by atoms with Gasteiger partial charge in [-0.2, -0.15) is 0 Å². The molecule has 0 saturated carbocycles. The molecular weight excluding hydrogens is 645 g/mol. The van der Waals surface area contributed by atoms with Gasteiger partial charge in [-0.3, -0.25) is 0 Å². The molecule has 3 heteroatoms. The van der Waals surface area contributed by atoms with Gasteiger partial charge in [-0.25, -0.2) is 0 Å². The second-order valence-electron chi connectivity index (χ2n) is 13.1. The lowest BCUT2D eigenvalue weighted by Crippen LogP contribution is -2.11. The van der Waals surface area contributed by atoms with Crippen molar-refractivity contribution in [2.45, 2.75) is 0 Å². The molecule has 9 aromatic carbocycles. The molecule has 0 bridgehead atoms. The molecule has 0 amide bonds. The van der Waals surface area contributed by atoms with Crippen LogP contribution in [0.5, 0.6) is 0 Å². The maximum absolute atomic E-state index is 10.1. The highest BCUT2D eigenvalue weighted by molar-refractivity contribution is 6.19. The Morgan fingerprint density at radius 3 is 1.91 bits per heavy atom. The number of aromatic nitrogens is 1. The van der Waals surface area contributed by atoms with E-state index in [2.05, 4.69) is 0 Å². The van der Waals surface area contributed by atoms with Gasteiger partial charge in [0.15, 0.2) is 0 Å². The van der Waals surface area contributed by atoms with Gasteiger partial charge in [0, 0.05) is 38.6 Å². The van der Waals surface area contributed by atoms with E-state index in [1.807, 2.05) is 121 Å². The Kier molecular flexibility index (Phi) is 5.01. The average Bonchev–Trinajstić information content (AvgIpc) is 3.84. The molecule has 0 radical (unpaired) electrons. The Hall–Kier alpha value is -7.10. The second-order valence-corrected chi connectivity index (χ2v) is 13.1. The third-order valence-corrected chi connectivity index (χ3v) is 10.1. The topological polar surface area (TPSA) is 21.3 Å². The molecule has 0 fully saturated rings. The van der Waals surface area contributed by atoms with Crippen LogP contribution in [0.3, 0.4) is 0 Å². The molecule has 0 N–H and O–H groups in total. The summed E-state index contributed by atoms with van der Waals surface area (Å²) in [5.41, 5.74) is 3.04. The largest absolute Gasteiger partial charge is 0.455 e. The first-order chi connectivity index (χ1) is 29.7. The fourth-order valence-corrected chi connectivity index (χ4v) is 7.78. The first-order valence-electron chi connectivity index (χ1n) is 21.5. The van der Waals surface area contributed by atoms with Crippen LogP contribution in [0.1, 0.15) is 11.0 Å². The van der Waals surface area contributed by atoms with Crippen molar-refractivity contribution in [3.63, 3.8) is 0 Å². The monoisotopic (exact) mass is 684 g/mol. The smallest absolute Gasteiger partial charge is 0.143 e. The van der Waals surface area contributed by atoms with E-state index in [1.165, 1.54) is 4.90 Å². The van der Waals surface area contributed by atoms with Gasteiger partial charge in [-0.05, 0) is 87.8 Å². The van der Waals surface area contributed by atoms with Crippen molar-refractivity contribution in [2.75, 3.05) is 4.90 Å². The van der Waals surface area contributed by atoms with Gasteiger partial charge in [0.05, 0.1) is 33.1 Å². The Bertz CT molecular complexity index is 3580. The van der Waals surface area contributed by atoms with Crippen LogP contribution in [0.4, 0.5) is 17.1 Å². The molecule has 0 aliphatic rings. The van der Waals surface area contributed by atoms with Crippen LogP contribution >= 0.6 is 0 Å². The molecule has 0 spiro atoms. The molecular formula is C50H32N2O. The third-order valence-electron chi connectivity index (χ3n) is 10.1. The maximum Gasteiger partial charge on any atom is 0.143 e. The van der Waals surface area contributed by atoms with Gasteiger partial charge in [0.1, 0.15) is 11.2 Å². The van der Waals surface area contributed by atoms with Gasteiger partial charge < -0.3 is 13.9 Å². The summed E-state index contributed by atoms with van der Waals surface area (Å²) in [6.45, 7) is 0. The summed E-state index contributed by atoms with van der Waals surface area (Å²) in [6, 6.07) is 42.4. The van der Waals surface area contributed by atoms with Crippen molar-refractivity contribution >= 4 is 82.4 Å². The van der Waals surface area contributed by atoms with E-state index in [-0.39, 0.29) is 46.8 Å². The summed E-state index contributed by atoms with van der Waals surface area (Å²) in [5, 5.41) is 6.46. The molecule has 0 aliphatic heterocycles. The van der Waals surface area contributed by atoms with Gasteiger partial charge in [-0.1, -0.05) is 133 Å². The molecule has 0 saturated heterocycles. The van der Waals surface area contributed by atoms with Gasteiger partial charge >= 0.3 is 0 Å². The highest BCUT2D eigenvalue weighted by Gasteiger charge is 2.21. The minimum atomic E-state index is -0.482. The van der Waals surface area contributed by atoms with E-state index in [9.17, 15) is 11.0 Å². The summed E-state index contributed by atoms with van der Waals surface area (Å²) in [7, 11) is 0. The average molecular weight is 685 g/mol. The molecule has 3 nitrogen and oxygen atoms in total. The summed E-state index contributed by atoms with van der Waals surface area (Å²) in [5.74, 6) is 0. The lowest BCUT2D eigenvalue weighted by molar-refractivity contribution is 0.672. The zero-order chi connectivity index (χ0) is 41.8. The van der Waals surface area contributed by atoms with Crippen molar-refractivity contribution in [2.24, 2.45) is 0 Å². The molecule has 2 heterocycles. The van der Waals surface area contributed by atoms with E-state index in [0.29, 0.717) is 44.2 Å². The van der Waals surface area contributed by atoms with E-state index in [4.69, 9.17) is 4.42 Å². The Labute approximate surface area is 317 Å². The molecule has 248 valence electrons. The van der Waals surface area contributed by atoms with Crippen molar-refractivity contribution in [1.82, 2.24) is 4.57 Å². The highest BCUT2D eigenvalue weighted by atomic mass is 16.3. The number of nitrogens with zero attached hydrogens (tertiary/aromatic N) is 2. The fourth-order valence-electron chi connectivity index (χ4n) is 7.78. The van der Waals surface area contributed by atoms with E-state index in [0.717, 1.165) is 32.3 Å². The van der Waals surface area contributed by atoms with Crippen molar-refractivity contribution < 1.29 is 15.4 Å². The predicted molar refractivity (Wildman–Crippen MR) is 223 cm³/mol. The standard InChI is InChI=1S/C50H32N2O/c1-3-17-39-33(12-1)14-9-21-40(39)35-26-29-36(30-27-35)51(47-24-11-25-48-49(47)44-31-28-34-13-2-4-18-41(34)50(44)53-48)37-15-10-16-38(32-37)52-45-22-7-5-19-42(45)43-20-6-8-23-46(43)52/h1-32H/i10D,15D,16D,26D,27D,29D,30D,32D. The summed E-state index contributed by atoms with van der Waals surface area (Å²) in [4.78, 5) is 1.42. The molecule has 0 unspecified atom stereocenters. The minimum Gasteiger partial charge on any atom is -0.455 e. The first kappa shape index (κ1) is 22.7. The summed E-state index contributed by atoms with van der Waals surface area (Å²) in [6.07, 6.45) is 0. The molecule has 11 aromatic rings. The van der Waals surface area contributed by atoms with Crippen molar-refractivity contribution in [3.05, 3.63) is 194 Å².